The van der Waals surface area contributed by atoms with Gasteiger partial charge in [-0.25, -0.2) is 0 Å². The van der Waals surface area contributed by atoms with E-state index in [9.17, 15) is 28.4 Å². The summed E-state index contributed by atoms with van der Waals surface area (Å²) >= 11 is 0. The maximum atomic E-state index is 12.9. The number of phenolic OH excluding ortho intramolecular Hbond substituents is 1. The van der Waals surface area contributed by atoms with E-state index >= 15 is 0 Å². The molecule has 166 valence electrons. The minimum absolute atomic E-state index is 0.0465. The summed E-state index contributed by atoms with van der Waals surface area (Å²) in [6, 6.07) is 19.1. The Labute approximate surface area is 185 Å². The lowest BCUT2D eigenvalue weighted by atomic mass is 10.0. The number of rotatable bonds is 5. The molecule has 0 saturated heterocycles. The lowest BCUT2D eigenvalue weighted by molar-refractivity contribution is -0.385. The van der Waals surface area contributed by atoms with Gasteiger partial charge in [-0.15, -0.1) is 0 Å². The van der Waals surface area contributed by atoms with Crippen LogP contribution < -0.4 is 4.74 Å². The molecule has 0 spiro atoms. The van der Waals surface area contributed by atoms with Crippen molar-refractivity contribution < 1.29 is 27.9 Å². The fourth-order valence-electron chi connectivity index (χ4n) is 3.24. The number of phenols is 1. The van der Waals surface area contributed by atoms with E-state index < -0.39 is 22.4 Å². The van der Waals surface area contributed by atoms with Crippen molar-refractivity contribution >= 4 is 28.4 Å². The van der Waals surface area contributed by atoms with Gasteiger partial charge in [-0.3, -0.25) is 15.1 Å². The molecule has 6 nitrogen and oxygen atoms in total. The highest BCUT2D eigenvalue weighted by atomic mass is 19.4. The Bertz CT molecular complexity index is 1380. The van der Waals surface area contributed by atoms with Gasteiger partial charge in [0.2, 0.25) is 5.75 Å². The summed E-state index contributed by atoms with van der Waals surface area (Å²) in [5.74, 6) is -0.138. The van der Waals surface area contributed by atoms with Crippen molar-refractivity contribution in [2.75, 3.05) is 0 Å². The molecule has 1 N–H and O–H groups in total. The number of fused-ring (bicyclic) bond motifs is 1. The Morgan fingerprint density at radius 2 is 1.76 bits per heavy atom. The van der Waals surface area contributed by atoms with E-state index in [1.54, 1.807) is 24.3 Å². The van der Waals surface area contributed by atoms with Gasteiger partial charge in [0, 0.05) is 23.9 Å². The molecule has 0 unspecified atom stereocenters. The number of hydrogen-bond donors (Lipinski definition) is 1. The smallest absolute Gasteiger partial charge is 0.416 e. The van der Waals surface area contributed by atoms with Crippen LogP contribution in [0.5, 0.6) is 17.2 Å². The first-order valence-electron chi connectivity index (χ1n) is 9.61. The Hall–Kier alpha value is -4.40. The molecule has 0 saturated carbocycles. The van der Waals surface area contributed by atoms with Crippen LogP contribution in [0.15, 0.2) is 83.9 Å². The van der Waals surface area contributed by atoms with Gasteiger partial charge in [0.15, 0.2) is 0 Å². The summed E-state index contributed by atoms with van der Waals surface area (Å²) in [6.45, 7) is 0. The van der Waals surface area contributed by atoms with Crippen molar-refractivity contribution in [1.82, 2.24) is 0 Å². The molecule has 0 radical (unpaired) electrons. The third-order valence-corrected chi connectivity index (χ3v) is 4.82. The quantitative estimate of drug-likeness (QED) is 0.200. The molecule has 0 atom stereocenters. The van der Waals surface area contributed by atoms with Gasteiger partial charge in [-0.1, -0.05) is 36.4 Å². The number of nitro benzene ring substituents is 1. The summed E-state index contributed by atoms with van der Waals surface area (Å²) in [6.07, 6.45) is -3.23. The average Bonchev–Trinajstić information content (AvgIpc) is 2.78. The highest BCUT2D eigenvalue weighted by Gasteiger charge is 2.33. The van der Waals surface area contributed by atoms with E-state index in [0.717, 1.165) is 16.8 Å². The van der Waals surface area contributed by atoms with Crippen LogP contribution in [0.4, 0.5) is 24.5 Å². The van der Waals surface area contributed by atoms with Gasteiger partial charge in [0.1, 0.15) is 11.5 Å². The monoisotopic (exact) mass is 452 g/mol. The zero-order chi connectivity index (χ0) is 23.6. The molecule has 0 aromatic heterocycles. The minimum Gasteiger partial charge on any atom is -0.507 e. The Morgan fingerprint density at radius 1 is 0.970 bits per heavy atom. The van der Waals surface area contributed by atoms with Crippen LogP contribution in [0.3, 0.4) is 0 Å². The van der Waals surface area contributed by atoms with Crippen LogP contribution in [0.25, 0.3) is 10.8 Å². The molecule has 0 aliphatic carbocycles. The molecule has 0 heterocycles. The van der Waals surface area contributed by atoms with Crippen molar-refractivity contribution in [3.63, 3.8) is 0 Å². The number of hydrogen-bond acceptors (Lipinski definition) is 5. The topological polar surface area (TPSA) is 85.0 Å². The van der Waals surface area contributed by atoms with Crippen LogP contribution >= 0.6 is 0 Å². The van der Waals surface area contributed by atoms with E-state index in [-0.39, 0.29) is 17.2 Å². The highest BCUT2D eigenvalue weighted by Crippen LogP contribution is 2.38. The Kier molecular flexibility index (Phi) is 5.70. The molecule has 4 aromatic carbocycles. The third-order valence-electron chi connectivity index (χ3n) is 4.82. The number of halogens is 3. The molecule has 9 heteroatoms. The van der Waals surface area contributed by atoms with Crippen LogP contribution in [-0.4, -0.2) is 16.2 Å². The van der Waals surface area contributed by atoms with Gasteiger partial charge in [0.05, 0.1) is 16.2 Å². The fraction of sp³-hybridized carbons (Fsp3) is 0.0417. The molecular formula is C24H15F3N2O4. The molecule has 0 aliphatic rings. The second-order valence-corrected chi connectivity index (χ2v) is 7.01. The van der Waals surface area contributed by atoms with Gasteiger partial charge < -0.3 is 9.84 Å². The zero-order valence-electron chi connectivity index (χ0n) is 16.8. The van der Waals surface area contributed by atoms with E-state index in [2.05, 4.69) is 4.99 Å². The molecule has 4 aromatic rings. The molecule has 4 rings (SSSR count). The van der Waals surface area contributed by atoms with Crippen molar-refractivity contribution in [1.29, 1.82) is 0 Å². The standard InChI is InChI=1S/C24H15F3N2O4/c25-24(26,27)16-9-11-23(21(12-16)29(31)32)33-18-6-3-5-17(13-18)28-14-20-19-7-2-1-4-15(19)8-10-22(20)30/h1-14,30H. The second-order valence-electron chi connectivity index (χ2n) is 7.01. The maximum absolute atomic E-state index is 12.9. The van der Waals surface area contributed by atoms with E-state index in [1.165, 1.54) is 18.3 Å². The van der Waals surface area contributed by atoms with Gasteiger partial charge in [-0.05, 0) is 41.1 Å². The Balaban J connectivity index is 1.64. The van der Waals surface area contributed by atoms with E-state index in [0.29, 0.717) is 23.4 Å². The molecule has 0 fully saturated rings. The lowest BCUT2D eigenvalue weighted by Crippen LogP contribution is -2.06. The number of aromatic hydroxyl groups is 1. The van der Waals surface area contributed by atoms with E-state index in [1.807, 2.05) is 24.3 Å². The van der Waals surface area contributed by atoms with Gasteiger partial charge in [0.25, 0.3) is 0 Å². The zero-order valence-corrected chi connectivity index (χ0v) is 16.8. The molecule has 0 bridgehead atoms. The summed E-state index contributed by atoms with van der Waals surface area (Å²) < 4.78 is 44.2. The number of nitrogens with zero attached hydrogens (tertiary/aromatic N) is 2. The first-order valence-corrected chi connectivity index (χ1v) is 9.61. The average molecular weight is 452 g/mol. The predicted octanol–water partition coefficient (Wildman–Crippen LogP) is 7.02. The molecule has 0 amide bonds. The summed E-state index contributed by atoms with van der Waals surface area (Å²) in [4.78, 5) is 14.7. The second kappa shape index (κ2) is 8.62. The first-order chi connectivity index (χ1) is 15.7. The number of benzene rings is 4. The SMILES string of the molecule is O=[N+]([O-])c1cc(C(F)(F)F)ccc1Oc1cccc(N=Cc2c(O)ccc3ccccc23)c1. The van der Waals surface area contributed by atoms with Crippen molar-refractivity contribution in [2.24, 2.45) is 4.99 Å². The molecular weight excluding hydrogens is 437 g/mol. The fourth-order valence-corrected chi connectivity index (χ4v) is 3.24. The third kappa shape index (κ3) is 4.77. The molecule has 33 heavy (non-hydrogen) atoms. The van der Waals surface area contributed by atoms with Crippen LogP contribution in [0.1, 0.15) is 11.1 Å². The summed E-state index contributed by atoms with van der Waals surface area (Å²) in [5.41, 5.74) is -1.03. The van der Waals surface area contributed by atoms with Crippen molar-refractivity contribution in [2.45, 2.75) is 6.18 Å². The van der Waals surface area contributed by atoms with E-state index in [4.69, 9.17) is 4.74 Å². The summed E-state index contributed by atoms with van der Waals surface area (Å²) in [7, 11) is 0. The summed E-state index contributed by atoms with van der Waals surface area (Å²) in [5, 5.41) is 23.2. The van der Waals surface area contributed by atoms with Gasteiger partial charge in [-0.2, -0.15) is 13.2 Å². The van der Waals surface area contributed by atoms with Crippen LogP contribution in [-0.2, 0) is 6.18 Å². The predicted molar refractivity (Wildman–Crippen MR) is 117 cm³/mol. The normalized spacial score (nSPS) is 11.7. The van der Waals surface area contributed by atoms with Gasteiger partial charge >= 0.3 is 11.9 Å². The number of ether oxygens (including phenoxy) is 1. The van der Waals surface area contributed by atoms with Crippen molar-refractivity contribution in [3.8, 4) is 17.2 Å². The van der Waals surface area contributed by atoms with Crippen LogP contribution in [0, 0.1) is 10.1 Å². The largest absolute Gasteiger partial charge is 0.507 e. The molecule has 0 aliphatic heterocycles. The van der Waals surface area contributed by atoms with Crippen molar-refractivity contribution in [3.05, 3.63) is 100 Å². The van der Waals surface area contributed by atoms with Crippen LogP contribution in [0.2, 0.25) is 0 Å². The minimum atomic E-state index is -4.72. The highest BCUT2D eigenvalue weighted by molar-refractivity contribution is 6.03. The number of aliphatic imine (C=N–C) groups is 1. The Morgan fingerprint density at radius 3 is 2.52 bits per heavy atom. The lowest BCUT2D eigenvalue weighted by Gasteiger charge is -2.10. The first kappa shape index (κ1) is 21.8. The number of alkyl halides is 3. The number of nitro groups is 1. The maximum Gasteiger partial charge on any atom is 0.416 e.